The topological polar surface area (TPSA) is 66.4 Å². The Morgan fingerprint density at radius 1 is 0.920 bits per heavy atom. The lowest BCUT2D eigenvalue weighted by Gasteiger charge is -2.26. The number of nitrogens with one attached hydrogen (secondary N) is 1. The fourth-order valence-electron chi connectivity index (χ4n) is 3.00. The maximum atomic E-state index is 12.7. The number of hydrogen-bond acceptors (Lipinski definition) is 4. The molecular formula is C20H18ClNO3. The molecule has 2 N–H and O–H groups in total. The van der Waals surface area contributed by atoms with E-state index in [0.717, 1.165) is 5.56 Å². The van der Waals surface area contributed by atoms with Crippen LogP contribution in [0.2, 0.25) is 0 Å². The van der Waals surface area contributed by atoms with Gasteiger partial charge in [-0.3, -0.25) is 9.59 Å². The number of halogens is 1. The van der Waals surface area contributed by atoms with Crippen LogP contribution in [0.25, 0.3) is 5.76 Å². The standard InChI is InChI=1S/C20H18ClNO3/c21-11-6-12-22-17(13-7-2-1-3-8-13)16-18(23)14-9-4-5-10-15(14)19(24)20(16)25/h1-5,7-10,17,22-23H,6,11-12H2. The summed E-state index contributed by atoms with van der Waals surface area (Å²) in [6.45, 7) is 0.558. The molecule has 0 fully saturated rings. The van der Waals surface area contributed by atoms with E-state index in [2.05, 4.69) is 5.32 Å². The Labute approximate surface area is 151 Å². The normalized spacial score (nSPS) is 15.2. The molecule has 5 heteroatoms. The maximum Gasteiger partial charge on any atom is 0.235 e. The van der Waals surface area contributed by atoms with Crippen LogP contribution in [-0.4, -0.2) is 29.1 Å². The van der Waals surface area contributed by atoms with Crippen LogP contribution in [0, 0.1) is 0 Å². The van der Waals surface area contributed by atoms with Crippen molar-refractivity contribution in [2.75, 3.05) is 12.4 Å². The van der Waals surface area contributed by atoms with Gasteiger partial charge in [-0.2, -0.15) is 0 Å². The number of alkyl halides is 1. The second-order valence-corrected chi connectivity index (χ2v) is 6.18. The molecule has 0 radical (unpaired) electrons. The van der Waals surface area contributed by atoms with Crippen LogP contribution < -0.4 is 5.32 Å². The van der Waals surface area contributed by atoms with Crippen LogP contribution in [0.15, 0.2) is 60.2 Å². The van der Waals surface area contributed by atoms with E-state index in [0.29, 0.717) is 24.4 Å². The molecule has 0 bridgehead atoms. The van der Waals surface area contributed by atoms with Gasteiger partial charge >= 0.3 is 0 Å². The number of carbonyl (C=O) groups is 2. The average molecular weight is 356 g/mol. The summed E-state index contributed by atoms with van der Waals surface area (Å²) in [5.41, 5.74) is 1.52. The number of carbonyl (C=O) groups excluding carboxylic acids is 2. The third-order valence-corrected chi connectivity index (χ3v) is 4.48. The molecule has 2 aromatic rings. The van der Waals surface area contributed by atoms with E-state index in [1.807, 2.05) is 30.3 Å². The van der Waals surface area contributed by atoms with Crippen molar-refractivity contribution in [3.05, 3.63) is 76.9 Å². The van der Waals surface area contributed by atoms with Gasteiger partial charge in [0.1, 0.15) is 5.76 Å². The highest BCUT2D eigenvalue weighted by molar-refractivity contribution is 6.52. The number of benzene rings is 2. The Kier molecular flexibility index (Phi) is 5.31. The zero-order valence-electron chi connectivity index (χ0n) is 13.5. The predicted octanol–water partition coefficient (Wildman–Crippen LogP) is 3.68. The van der Waals surface area contributed by atoms with Crippen LogP contribution in [0.1, 0.15) is 33.9 Å². The smallest absolute Gasteiger partial charge is 0.235 e. The molecule has 1 aliphatic carbocycles. The first-order valence-corrected chi connectivity index (χ1v) is 8.64. The largest absolute Gasteiger partial charge is 0.507 e. The minimum absolute atomic E-state index is 0.0875. The van der Waals surface area contributed by atoms with Crippen molar-refractivity contribution in [3.8, 4) is 0 Å². The third kappa shape index (κ3) is 3.36. The minimum atomic E-state index is -0.677. The van der Waals surface area contributed by atoms with E-state index >= 15 is 0 Å². The van der Waals surface area contributed by atoms with Crippen LogP contribution in [0.4, 0.5) is 0 Å². The van der Waals surface area contributed by atoms with E-state index in [-0.39, 0.29) is 16.9 Å². The van der Waals surface area contributed by atoms with Crippen LogP contribution in [0.5, 0.6) is 0 Å². The summed E-state index contributed by atoms with van der Waals surface area (Å²) in [4.78, 5) is 25.2. The Bertz CT molecular complexity index is 830. The number of ketones is 2. The van der Waals surface area contributed by atoms with Gasteiger partial charge in [-0.1, -0.05) is 54.6 Å². The second kappa shape index (κ2) is 7.64. The quantitative estimate of drug-likeness (QED) is 0.471. The Morgan fingerprint density at radius 3 is 2.24 bits per heavy atom. The lowest BCUT2D eigenvalue weighted by atomic mass is 9.83. The molecule has 0 saturated heterocycles. The third-order valence-electron chi connectivity index (χ3n) is 4.21. The molecule has 128 valence electrons. The molecule has 25 heavy (non-hydrogen) atoms. The van der Waals surface area contributed by atoms with E-state index in [1.54, 1.807) is 24.3 Å². The van der Waals surface area contributed by atoms with Crippen LogP contribution in [-0.2, 0) is 4.79 Å². The van der Waals surface area contributed by atoms with Gasteiger partial charge in [-0.15, -0.1) is 11.6 Å². The molecule has 4 nitrogen and oxygen atoms in total. The van der Waals surface area contributed by atoms with Gasteiger partial charge in [0.2, 0.25) is 11.6 Å². The number of fused-ring (bicyclic) bond motifs is 1. The maximum absolute atomic E-state index is 12.7. The molecule has 3 rings (SSSR count). The van der Waals surface area contributed by atoms with Crippen molar-refractivity contribution in [2.24, 2.45) is 0 Å². The number of Topliss-reactive ketones (excluding diaryl/α,β-unsaturated/α-hetero) is 2. The predicted molar refractivity (Wildman–Crippen MR) is 97.9 cm³/mol. The highest BCUT2D eigenvalue weighted by Crippen LogP contribution is 2.34. The van der Waals surface area contributed by atoms with Gasteiger partial charge in [0.05, 0.1) is 11.6 Å². The molecule has 1 unspecified atom stereocenters. The molecule has 0 amide bonds. The number of aliphatic hydroxyl groups excluding tert-OH is 1. The summed E-state index contributed by atoms with van der Waals surface area (Å²) < 4.78 is 0. The summed E-state index contributed by atoms with van der Waals surface area (Å²) in [5, 5.41) is 14.0. The Balaban J connectivity index is 2.11. The molecule has 0 aliphatic heterocycles. The lowest BCUT2D eigenvalue weighted by Crippen LogP contribution is -2.34. The SMILES string of the molecule is O=C1C(=O)c2ccccc2C(O)=C1C(NCCCCl)c1ccccc1. The fraction of sp³-hybridized carbons (Fsp3) is 0.200. The molecule has 0 saturated carbocycles. The summed E-state index contributed by atoms with van der Waals surface area (Å²) in [6.07, 6.45) is 0.706. The van der Waals surface area contributed by atoms with Gasteiger partial charge in [0, 0.05) is 17.0 Å². The number of aliphatic hydroxyl groups is 1. The van der Waals surface area contributed by atoms with E-state index in [4.69, 9.17) is 11.6 Å². The molecule has 2 aromatic carbocycles. The van der Waals surface area contributed by atoms with Gasteiger partial charge in [0.25, 0.3) is 0 Å². The van der Waals surface area contributed by atoms with Crippen molar-refractivity contribution in [3.63, 3.8) is 0 Å². The summed E-state index contributed by atoms with van der Waals surface area (Å²) in [5.74, 6) is -0.936. The molecule has 0 aromatic heterocycles. The van der Waals surface area contributed by atoms with E-state index in [9.17, 15) is 14.7 Å². The number of rotatable bonds is 6. The fourth-order valence-corrected chi connectivity index (χ4v) is 3.13. The Hall–Kier alpha value is -2.43. The van der Waals surface area contributed by atoms with E-state index in [1.165, 1.54) is 0 Å². The van der Waals surface area contributed by atoms with Crippen molar-refractivity contribution < 1.29 is 14.7 Å². The zero-order valence-corrected chi connectivity index (χ0v) is 14.3. The first kappa shape index (κ1) is 17.4. The second-order valence-electron chi connectivity index (χ2n) is 5.81. The van der Waals surface area contributed by atoms with Crippen molar-refractivity contribution in [2.45, 2.75) is 12.5 Å². The van der Waals surface area contributed by atoms with Crippen molar-refractivity contribution in [1.82, 2.24) is 5.32 Å². The summed E-state index contributed by atoms with van der Waals surface area (Å²) >= 11 is 5.74. The zero-order chi connectivity index (χ0) is 17.8. The van der Waals surface area contributed by atoms with E-state index < -0.39 is 17.6 Å². The highest BCUT2D eigenvalue weighted by atomic mass is 35.5. The van der Waals surface area contributed by atoms with Crippen LogP contribution in [0.3, 0.4) is 0 Å². The molecule has 0 heterocycles. The lowest BCUT2D eigenvalue weighted by molar-refractivity contribution is -0.112. The van der Waals surface area contributed by atoms with Crippen LogP contribution >= 0.6 is 11.6 Å². The van der Waals surface area contributed by atoms with Crippen molar-refractivity contribution in [1.29, 1.82) is 0 Å². The van der Waals surface area contributed by atoms with Gasteiger partial charge in [0.15, 0.2) is 0 Å². The average Bonchev–Trinajstić information content (AvgIpc) is 2.66. The van der Waals surface area contributed by atoms with Gasteiger partial charge in [-0.05, 0) is 18.5 Å². The molecule has 1 atom stereocenters. The number of hydrogen-bond donors (Lipinski definition) is 2. The van der Waals surface area contributed by atoms with Gasteiger partial charge in [-0.25, -0.2) is 0 Å². The monoisotopic (exact) mass is 355 g/mol. The summed E-state index contributed by atoms with van der Waals surface area (Å²) in [6, 6.07) is 15.3. The minimum Gasteiger partial charge on any atom is -0.507 e. The highest BCUT2D eigenvalue weighted by Gasteiger charge is 2.37. The molecular weight excluding hydrogens is 338 g/mol. The Morgan fingerprint density at radius 2 is 1.56 bits per heavy atom. The molecule has 0 spiro atoms. The first-order chi connectivity index (χ1) is 12.1. The first-order valence-electron chi connectivity index (χ1n) is 8.11. The van der Waals surface area contributed by atoms with Gasteiger partial charge < -0.3 is 10.4 Å². The van der Waals surface area contributed by atoms with Crippen molar-refractivity contribution >= 4 is 28.9 Å². The summed E-state index contributed by atoms with van der Waals surface area (Å²) in [7, 11) is 0. The molecule has 1 aliphatic rings.